The van der Waals surface area contributed by atoms with E-state index in [1.54, 1.807) is 36.7 Å². The Hall–Kier alpha value is -4.15. The topological polar surface area (TPSA) is 117 Å². The summed E-state index contributed by atoms with van der Waals surface area (Å²) in [6.07, 6.45) is 3.15. The molecule has 0 spiro atoms. The second-order valence-electron chi connectivity index (χ2n) is 8.53. The molecule has 1 amide bonds. The number of hydrogen-bond donors (Lipinski definition) is 1. The van der Waals surface area contributed by atoms with E-state index in [0.717, 1.165) is 0 Å². The molecule has 1 atom stereocenters. The molecule has 210 valence electrons. The number of benzene rings is 2. The van der Waals surface area contributed by atoms with E-state index in [1.807, 2.05) is 0 Å². The minimum absolute atomic E-state index is 0.00217. The van der Waals surface area contributed by atoms with Gasteiger partial charge in [-0.2, -0.15) is 0 Å². The van der Waals surface area contributed by atoms with E-state index in [9.17, 15) is 14.7 Å². The van der Waals surface area contributed by atoms with Gasteiger partial charge in [0.05, 0.1) is 57.8 Å². The third-order valence-electron chi connectivity index (χ3n) is 6.44. The number of ketones is 1. The van der Waals surface area contributed by atoms with Crippen molar-refractivity contribution in [3.63, 3.8) is 0 Å². The van der Waals surface area contributed by atoms with Gasteiger partial charge in [-0.05, 0) is 41.5 Å². The fourth-order valence-corrected chi connectivity index (χ4v) is 5.31. The minimum Gasteiger partial charge on any atom is -0.507 e. The number of methoxy groups -OCH3 is 5. The summed E-state index contributed by atoms with van der Waals surface area (Å²) in [6, 6.07) is 6.93. The Balaban J connectivity index is 2.02. The highest BCUT2D eigenvalue weighted by Crippen LogP contribution is 2.49. The van der Waals surface area contributed by atoms with Crippen LogP contribution < -0.4 is 23.7 Å². The number of nitrogens with zero attached hydrogens (tertiary/aromatic N) is 2. The summed E-state index contributed by atoms with van der Waals surface area (Å²) in [5.74, 6) is -1.27. The molecule has 40 heavy (non-hydrogen) atoms. The lowest BCUT2D eigenvalue weighted by Gasteiger charge is -2.27. The molecule has 1 fully saturated rings. The monoisotopic (exact) mass is 588 g/mol. The number of Topliss-reactive ketones (excluding diaryl/α,β-unsaturated/α-hetero) is 1. The fraction of sp³-hybridized carbons (Fsp3) is 0.250. The molecule has 4 rings (SSSR count). The number of carbonyl (C=O) groups excluding carboxylic acids is 2. The molecule has 12 heteroatoms. The first-order valence-corrected chi connectivity index (χ1v) is 12.5. The van der Waals surface area contributed by atoms with Crippen LogP contribution in [0.15, 0.2) is 48.3 Å². The van der Waals surface area contributed by atoms with Gasteiger partial charge in [-0.25, -0.2) is 0 Å². The quantitative estimate of drug-likeness (QED) is 0.208. The van der Waals surface area contributed by atoms with E-state index in [-0.39, 0.29) is 39.2 Å². The number of rotatable bonds is 9. The van der Waals surface area contributed by atoms with Crippen molar-refractivity contribution in [2.24, 2.45) is 0 Å². The Morgan fingerprint density at radius 2 is 1.45 bits per heavy atom. The molecule has 0 saturated carbocycles. The lowest BCUT2D eigenvalue weighted by atomic mass is 9.94. The van der Waals surface area contributed by atoms with E-state index in [0.29, 0.717) is 28.4 Å². The van der Waals surface area contributed by atoms with Gasteiger partial charge < -0.3 is 33.7 Å². The number of aliphatic hydroxyl groups excluding tert-OH is 1. The number of aliphatic hydroxyl groups is 1. The molecular weight excluding hydrogens is 563 g/mol. The van der Waals surface area contributed by atoms with Gasteiger partial charge in [0.25, 0.3) is 11.7 Å². The molecule has 1 N–H and O–H groups in total. The summed E-state index contributed by atoms with van der Waals surface area (Å²) in [4.78, 5) is 32.4. The van der Waals surface area contributed by atoms with Gasteiger partial charge in [-0.15, -0.1) is 0 Å². The predicted molar refractivity (Wildman–Crippen MR) is 148 cm³/mol. The van der Waals surface area contributed by atoms with Crippen LogP contribution >= 0.6 is 23.2 Å². The van der Waals surface area contributed by atoms with Crippen molar-refractivity contribution in [3.8, 4) is 28.7 Å². The molecule has 10 nitrogen and oxygen atoms in total. The maximum atomic E-state index is 13.6. The second-order valence-corrected chi connectivity index (χ2v) is 9.31. The van der Waals surface area contributed by atoms with Crippen LogP contribution in [0.5, 0.6) is 28.7 Å². The van der Waals surface area contributed by atoms with Crippen LogP contribution in [0.4, 0.5) is 0 Å². The van der Waals surface area contributed by atoms with Gasteiger partial charge in [0.1, 0.15) is 10.8 Å². The summed E-state index contributed by atoms with van der Waals surface area (Å²) < 4.78 is 27.2. The fourth-order valence-electron chi connectivity index (χ4n) is 4.63. The Morgan fingerprint density at radius 1 is 0.875 bits per heavy atom. The van der Waals surface area contributed by atoms with Crippen LogP contribution in [0.3, 0.4) is 0 Å². The Labute approximate surface area is 240 Å². The van der Waals surface area contributed by atoms with Crippen LogP contribution in [0.1, 0.15) is 22.7 Å². The van der Waals surface area contributed by atoms with E-state index < -0.39 is 23.5 Å². The van der Waals surface area contributed by atoms with Crippen LogP contribution in [0, 0.1) is 0 Å². The Kier molecular flexibility index (Phi) is 8.61. The van der Waals surface area contributed by atoms with E-state index >= 15 is 0 Å². The number of hydrogen-bond acceptors (Lipinski definition) is 9. The molecule has 0 aliphatic carbocycles. The molecule has 3 aromatic rings. The minimum atomic E-state index is -1.08. The molecule has 2 aromatic carbocycles. The third-order valence-corrected chi connectivity index (χ3v) is 7.06. The number of pyridine rings is 1. The third kappa shape index (κ3) is 4.96. The molecular formula is C28H26Cl2N2O8. The first-order valence-electron chi connectivity index (χ1n) is 11.8. The van der Waals surface area contributed by atoms with Gasteiger partial charge in [0.15, 0.2) is 23.0 Å². The number of carbonyl (C=O) groups is 2. The molecule has 1 unspecified atom stereocenters. The van der Waals surface area contributed by atoms with E-state index in [4.69, 9.17) is 46.9 Å². The standard InChI is InChI=1S/C28H26Cl2N2O8/c1-36-18-10-15(11-19(37-2)27(18)40-5)22-20(24(34)28(35)32(22)13-14-6-8-31-9-7-14)23(33)16-12-17(29)26(39-4)21(30)25(16)38-3/h6-12,22,33H,13H2,1-5H3/b23-20+. The van der Waals surface area contributed by atoms with Gasteiger partial charge >= 0.3 is 0 Å². The van der Waals surface area contributed by atoms with Gasteiger partial charge in [-0.3, -0.25) is 14.6 Å². The summed E-state index contributed by atoms with van der Waals surface area (Å²) >= 11 is 12.8. The lowest BCUT2D eigenvalue weighted by Crippen LogP contribution is -2.29. The lowest BCUT2D eigenvalue weighted by molar-refractivity contribution is -0.140. The molecule has 0 bridgehead atoms. The number of ether oxygens (including phenoxy) is 5. The first kappa shape index (κ1) is 28.8. The van der Waals surface area contributed by atoms with Crippen molar-refractivity contribution in [1.82, 2.24) is 9.88 Å². The van der Waals surface area contributed by atoms with Crippen molar-refractivity contribution in [2.45, 2.75) is 12.6 Å². The smallest absolute Gasteiger partial charge is 0.295 e. The molecule has 1 aromatic heterocycles. The number of halogens is 2. The van der Waals surface area contributed by atoms with Gasteiger partial charge in [0, 0.05) is 18.9 Å². The highest BCUT2D eigenvalue weighted by Gasteiger charge is 2.47. The van der Waals surface area contributed by atoms with Crippen molar-refractivity contribution in [3.05, 3.63) is 75.0 Å². The van der Waals surface area contributed by atoms with Crippen LogP contribution in [-0.4, -0.2) is 62.2 Å². The van der Waals surface area contributed by atoms with E-state index in [1.165, 1.54) is 46.5 Å². The van der Waals surface area contributed by atoms with Crippen LogP contribution in [0.25, 0.3) is 5.76 Å². The average molecular weight is 589 g/mol. The Bertz CT molecular complexity index is 1470. The molecule has 1 aliphatic heterocycles. The summed E-state index contributed by atoms with van der Waals surface area (Å²) in [6.45, 7) is 0.0342. The van der Waals surface area contributed by atoms with Crippen LogP contribution in [-0.2, 0) is 16.1 Å². The largest absolute Gasteiger partial charge is 0.507 e. The van der Waals surface area contributed by atoms with Crippen LogP contribution in [0.2, 0.25) is 10.0 Å². The summed E-state index contributed by atoms with van der Waals surface area (Å²) in [5.41, 5.74) is 0.901. The first-order chi connectivity index (χ1) is 19.2. The molecule has 2 heterocycles. The summed E-state index contributed by atoms with van der Waals surface area (Å²) in [5, 5.41) is 11.7. The zero-order valence-corrected chi connectivity index (χ0v) is 23.8. The van der Waals surface area contributed by atoms with Gasteiger partial charge in [-0.1, -0.05) is 23.2 Å². The predicted octanol–water partition coefficient (Wildman–Crippen LogP) is 5.05. The Morgan fingerprint density at radius 3 is 1.98 bits per heavy atom. The average Bonchev–Trinajstić information content (AvgIpc) is 3.21. The highest BCUT2D eigenvalue weighted by atomic mass is 35.5. The summed E-state index contributed by atoms with van der Waals surface area (Å²) in [7, 11) is 7.06. The maximum Gasteiger partial charge on any atom is 0.295 e. The van der Waals surface area contributed by atoms with E-state index in [2.05, 4.69) is 4.98 Å². The SMILES string of the molecule is COc1cc(C2/C(=C(\O)c3cc(Cl)c(OC)c(Cl)c3OC)C(=O)C(=O)N2Cc2ccncc2)cc(OC)c1OC. The van der Waals surface area contributed by atoms with Crippen molar-refractivity contribution >= 4 is 40.7 Å². The second kappa shape index (κ2) is 11.9. The zero-order valence-electron chi connectivity index (χ0n) is 22.3. The van der Waals surface area contributed by atoms with Crippen molar-refractivity contribution < 1.29 is 38.4 Å². The van der Waals surface area contributed by atoms with Gasteiger partial charge in [0.2, 0.25) is 5.75 Å². The maximum absolute atomic E-state index is 13.6. The van der Waals surface area contributed by atoms with Crippen molar-refractivity contribution in [2.75, 3.05) is 35.5 Å². The number of likely N-dealkylation sites (tertiary alicyclic amines) is 1. The molecule has 1 aliphatic rings. The normalized spacial score (nSPS) is 16.2. The molecule has 1 saturated heterocycles. The highest BCUT2D eigenvalue weighted by molar-refractivity contribution is 6.47. The number of amides is 1. The van der Waals surface area contributed by atoms with Crippen molar-refractivity contribution in [1.29, 1.82) is 0 Å². The number of aromatic nitrogens is 1. The zero-order chi connectivity index (χ0) is 29.1. The molecule has 0 radical (unpaired) electrons.